The van der Waals surface area contributed by atoms with Crippen molar-refractivity contribution in [2.45, 2.75) is 19.4 Å². The minimum Gasteiger partial charge on any atom is -0.495 e. The fourth-order valence-corrected chi connectivity index (χ4v) is 2.05. The third kappa shape index (κ3) is 2.01. The highest BCUT2D eigenvalue weighted by molar-refractivity contribution is 6.35. The van der Waals surface area contributed by atoms with Gasteiger partial charge in [0.15, 0.2) is 0 Å². The normalized spacial score (nSPS) is 13.0. The van der Waals surface area contributed by atoms with Crippen molar-refractivity contribution in [2.24, 2.45) is 5.73 Å². The van der Waals surface area contributed by atoms with E-state index in [0.29, 0.717) is 0 Å². The first kappa shape index (κ1) is 11.3. The second-order valence-corrected chi connectivity index (χ2v) is 4.42. The molecule has 0 saturated heterocycles. The molecule has 1 aromatic carbocycles. The van der Waals surface area contributed by atoms with Gasteiger partial charge in [0.1, 0.15) is 5.75 Å². The van der Waals surface area contributed by atoms with Crippen molar-refractivity contribution in [1.29, 1.82) is 0 Å². The van der Waals surface area contributed by atoms with Crippen LogP contribution in [0.15, 0.2) is 18.2 Å². The average molecular weight is 239 g/mol. The molecule has 0 saturated carbocycles. The lowest BCUT2D eigenvalue weighted by atomic mass is 10.2. The second kappa shape index (κ2) is 4.36. The molecule has 0 spiro atoms. The van der Waals surface area contributed by atoms with Crippen LogP contribution in [0, 0.1) is 0 Å². The molecule has 4 heteroatoms. The van der Waals surface area contributed by atoms with Gasteiger partial charge in [-0.2, -0.15) is 0 Å². The van der Waals surface area contributed by atoms with Gasteiger partial charge in [-0.3, -0.25) is 0 Å². The van der Waals surface area contributed by atoms with Crippen LogP contribution < -0.4 is 10.5 Å². The SMILES string of the molecule is COc1ccc(Cl)c2cc(CC(C)N)[nH]c12. The number of aromatic nitrogens is 1. The minimum atomic E-state index is 0.123. The lowest BCUT2D eigenvalue weighted by molar-refractivity contribution is 0.419. The zero-order valence-electron chi connectivity index (χ0n) is 9.38. The van der Waals surface area contributed by atoms with Crippen molar-refractivity contribution in [3.05, 3.63) is 28.9 Å². The number of rotatable bonds is 3. The highest BCUT2D eigenvalue weighted by Crippen LogP contribution is 2.31. The Balaban J connectivity index is 2.54. The molecule has 1 aromatic heterocycles. The molecule has 2 aromatic rings. The number of aromatic amines is 1. The Morgan fingerprint density at radius 2 is 2.25 bits per heavy atom. The number of halogens is 1. The third-order valence-electron chi connectivity index (χ3n) is 2.52. The van der Waals surface area contributed by atoms with E-state index in [1.807, 2.05) is 25.1 Å². The molecule has 2 rings (SSSR count). The van der Waals surface area contributed by atoms with Gasteiger partial charge in [0.2, 0.25) is 0 Å². The van der Waals surface area contributed by atoms with Gasteiger partial charge in [0, 0.05) is 23.5 Å². The summed E-state index contributed by atoms with van der Waals surface area (Å²) >= 11 is 6.13. The van der Waals surface area contributed by atoms with Crippen molar-refractivity contribution in [3.8, 4) is 5.75 Å². The van der Waals surface area contributed by atoms with E-state index in [1.165, 1.54) is 0 Å². The van der Waals surface area contributed by atoms with Crippen molar-refractivity contribution >= 4 is 22.5 Å². The summed E-state index contributed by atoms with van der Waals surface area (Å²) in [4.78, 5) is 3.30. The molecule has 0 bridgehead atoms. The number of hydrogen-bond acceptors (Lipinski definition) is 2. The Hall–Kier alpha value is -1.19. The summed E-state index contributed by atoms with van der Waals surface area (Å²) in [5.74, 6) is 0.801. The van der Waals surface area contributed by atoms with E-state index in [1.54, 1.807) is 7.11 Å². The number of ether oxygens (including phenoxy) is 1. The van der Waals surface area contributed by atoms with Crippen molar-refractivity contribution in [1.82, 2.24) is 4.98 Å². The van der Waals surface area contributed by atoms with Crippen LogP contribution in [0.2, 0.25) is 5.02 Å². The van der Waals surface area contributed by atoms with Crippen molar-refractivity contribution < 1.29 is 4.74 Å². The highest BCUT2D eigenvalue weighted by Gasteiger charge is 2.10. The van der Waals surface area contributed by atoms with Gasteiger partial charge >= 0.3 is 0 Å². The van der Waals surface area contributed by atoms with Gasteiger partial charge in [0.25, 0.3) is 0 Å². The summed E-state index contributed by atoms with van der Waals surface area (Å²) in [5, 5.41) is 1.71. The Morgan fingerprint density at radius 3 is 2.88 bits per heavy atom. The van der Waals surface area contributed by atoms with Gasteiger partial charge in [0.05, 0.1) is 17.6 Å². The standard InChI is InChI=1S/C12H15ClN2O/c1-7(14)5-8-6-9-10(13)3-4-11(16-2)12(9)15-8/h3-4,6-7,15H,5,14H2,1-2H3. The van der Waals surface area contributed by atoms with Crippen LogP contribution in [-0.2, 0) is 6.42 Å². The molecule has 0 aliphatic carbocycles. The minimum absolute atomic E-state index is 0.123. The Morgan fingerprint density at radius 1 is 1.50 bits per heavy atom. The number of fused-ring (bicyclic) bond motifs is 1. The molecule has 1 unspecified atom stereocenters. The van der Waals surface area contributed by atoms with E-state index in [2.05, 4.69) is 4.98 Å². The predicted octanol–water partition coefficient (Wildman–Crippen LogP) is 2.72. The Labute approximate surface area is 99.5 Å². The van der Waals surface area contributed by atoms with Gasteiger partial charge in [-0.25, -0.2) is 0 Å². The van der Waals surface area contributed by atoms with Crippen LogP contribution >= 0.6 is 11.6 Å². The molecule has 3 nitrogen and oxygen atoms in total. The maximum atomic E-state index is 6.13. The maximum Gasteiger partial charge on any atom is 0.143 e. The fraction of sp³-hybridized carbons (Fsp3) is 0.333. The first-order valence-electron chi connectivity index (χ1n) is 5.21. The number of nitrogens with one attached hydrogen (secondary N) is 1. The van der Waals surface area contributed by atoms with Crippen LogP contribution in [-0.4, -0.2) is 18.1 Å². The number of H-pyrrole nitrogens is 1. The van der Waals surface area contributed by atoms with E-state index in [-0.39, 0.29) is 6.04 Å². The fourth-order valence-electron chi connectivity index (χ4n) is 1.84. The van der Waals surface area contributed by atoms with Crippen LogP contribution in [0.4, 0.5) is 0 Å². The van der Waals surface area contributed by atoms with Gasteiger partial charge in [-0.1, -0.05) is 11.6 Å². The van der Waals surface area contributed by atoms with E-state index >= 15 is 0 Å². The van der Waals surface area contributed by atoms with Gasteiger partial charge < -0.3 is 15.5 Å². The summed E-state index contributed by atoms with van der Waals surface area (Å²) in [7, 11) is 1.65. The predicted molar refractivity (Wildman–Crippen MR) is 67.2 cm³/mol. The zero-order valence-corrected chi connectivity index (χ0v) is 10.1. The molecular weight excluding hydrogens is 224 g/mol. The zero-order chi connectivity index (χ0) is 11.7. The third-order valence-corrected chi connectivity index (χ3v) is 2.85. The van der Waals surface area contributed by atoms with E-state index in [9.17, 15) is 0 Å². The van der Waals surface area contributed by atoms with E-state index < -0.39 is 0 Å². The quantitative estimate of drug-likeness (QED) is 0.864. The lowest BCUT2D eigenvalue weighted by Gasteiger charge is -2.02. The summed E-state index contributed by atoms with van der Waals surface area (Å²) in [5.41, 5.74) is 7.79. The molecule has 0 amide bonds. The molecule has 0 fully saturated rings. The molecule has 0 aliphatic heterocycles. The number of benzene rings is 1. The first-order chi connectivity index (χ1) is 7.61. The first-order valence-corrected chi connectivity index (χ1v) is 5.59. The largest absolute Gasteiger partial charge is 0.495 e. The van der Waals surface area contributed by atoms with E-state index in [4.69, 9.17) is 22.1 Å². The molecule has 1 atom stereocenters. The smallest absolute Gasteiger partial charge is 0.143 e. The lowest BCUT2D eigenvalue weighted by Crippen LogP contribution is -2.17. The van der Waals surface area contributed by atoms with Crippen molar-refractivity contribution in [3.63, 3.8) is 0 Å². The van der Waals surface area contributed by atoms with Gasteiger partial charge in [-0.05, 0) is 25.1 Å². The molecule has 16 heavy (non-hydrogen) atoms. The van der Waals surface area contributed by atoms with Crippen LogP contribution in [0.5, 0.6) is 5.75 Å². The Kier molecular flexibility index (Phi) is 3.08. The maximum absolute atomic E-state index is 6.13. The summed E-state index contributed by atoms with van der Waals surface area (Å²) in [6, 6.07) is 5.85. The molecule has 0 radical (unpaired) electrons. The Bertz CT molecular complexity index is 505. The summed E-state index contributed by atoms with van der Waals surface area (Å²) in [6.45, 7) is 1.98. The van der Waals surface area contributed by atoms with Crippen molar-refractivity contribution in [2.75, 3.05) is 7.11 Å². The number of nitrogens with two attached hydrogens (primary N) is 1. The molecular formula is C12H15ClN2O. The summed E-state index contributed by atoms with van der Waals surface area (Å²) < 4.78 is 5.28. The number of methoxy groups -OCH3 is 1. The van der Waals surface area contributed by atoms with Crippen LogP contribution in [0.25, 0.3) is 10.9 Å². The molecule has 3 N–H and O–H groups in total. The second-order valence-electron chi connectivity index (χ2n) is 4.01. The monoisotopic (exact) mass is 238 g/mol. The summed E-state index contributed by atoms with van der Waals surface area (Å²) in [6.07, 6.45) is 0.800. The number of hydrogen-bond donors (Lipinski definition) is 2. The highest BCUT2D eigenvalue weighted by atomic mass is 35.5. The van der Waals surface area contributed by atoms with Crippen LogP contribution in [0.3, 0.4) is 0 Å². The van der Waals surface area contributed by atoms with Gasteiger partial charge in [-0.15, -0.1) is 0 Å². The molecule has 86 valence electrons. The average Bonchev–Trinajstić information content (AvgIpc) is 2.62. The van der Waals surface area contributed by atoms with Crippen LogP contribution in [0.1, 0.15) is 12.6 Å². The van der Waals surface area contributed by atoms with E-state index in [0.717, 1.165) is 33.8 Å². The molecule has 1 heterocycles. The topological polar surface area (TPSA) is 51.0 Å². The molecule has 0 aliphatic rings.